The van der Waals surface area contributed by atoms with E-state index in [2.05, 4.69) is 19.1 Å². The Hall–Kier alpha value is -1.84. The van der Waals surface area contributed by atoms with Gasteiger partial charge in [0.15, 0.2) is 11.5 Å². The average molecular weight is 391 g/mol. The van der Waals surface area contributed by atoms with Gasteiger partial charge in [-0.05, 0) is 38.5 Å². The second-order valence-electron chi connectivity index (χ2n) is 7.57. The maximum atomic E-state index is 12.1. The molecule has 0 atom stereocenters. The summed E-state index contributed by atoms with van der Waals surface area (Å²) in [6.07, 6.45) is 21.8. The van der Waals surface area contributed by atoms with Crippen LogP contribution >= 0.6 is 0 Å². The molecule has 0 spiro atoms. The van der Waals surface area contributed by atoms with Crippen molar-refractivity contribution in [3.05, 3.63) is 35.3 Å². The number of aliphatic hydroxyl groups excluding tert-OH is 1. The van der Waals surface area contributed by atoms with Gasteiger partial charge < -0.3 is 9.84 Å². The molecule has 4 heteroatoms. The number of methoxy groups -OCH3 is 1. The number of hydrogen-bond acceptors (Lipinski definition) is 4. The van der Waals surface area contributed by atoms with Crippen LogP contribution in [0.25, 0.3) is 0 Å². The number of ketones is 2. The SMILES string of the molecule is CCCCCC/C=C\CCCCCCCCCC1=C(O)C(=O)C=C(OC)C1=O. The number of carbonyl (C=O) groups is 2. The third-order valence-electron chi connectivity index (χ3n) is 5.19. The highest BCUT2D eigenvalue weighted by Crippen LogP contribution is 2.23. The van der Waals surface area contributed by atoms with E-state index in [0.717, 1.165) is 25.3 Å². The molecule has 0 heterocycles. The summed E-state index contributed by atoms with van der Waals surface area (Å²) in [6, 6.07) is 0. The molecule has 1 aliphatic rings. The second kappa shape index (κ2) is 15.1. The van der Waals surface area contributed by atoms with Crippen LogP contribution in [-0.4, -0.2) is 23.8 Å². The monoisotopic (exact) mass is 390 g/mol. The Balaban J connectivity index is 2.02. The minimum absolute atomic E-state index is 0.0211. The number of hydrogen-bond donors (Lipinski definition) is 1. The van der Waals surface area contributed by atoms with Crippen molar-refractivity contribution < 1.29 is 19.4 Å². The van der Waals surface area contributed by atoms with Crippen molar-refractivity contribution in [2.75, 3.05) is 7.11 Å². The molecule has 0 aliphatic heterocycles. The molecule has 4 nitrogen and oxygen atoms in total. The van der Waals surface area contributed by atoms with Crippen molar-refractivity contribution >= 4 is 11.6 Å². The van der Waals surface area contributed by atoms with Crippen LogP contribution in [0.15, 0.2) is 35.3 Å². The molecule has 0 aromatic rings. The maximum Gasteiger partial charge on any atom is 0.227 e. The van der Waals surface area contributed by atoms with Gasteiger partial charge in [0.2, 0.25) is 11.6 Å². The van der Waals surface area contributed by atoms with Crippen LogP contribution < -0.4 is 0 Å². The number of ether oxygens (including phenoxy) is 1. The third-order valence-corrected chi connectivity index (χ3v) is 5.19. The molecule has 0 unspecified atom stereocenters. The predicted molar refractivity (Wildman–Crippen MR) is 114 cm³/mol. The molecule has 0 amide bonds. The Bertz CT molecular complexity index is 569. The van der Waals surface area contributed by atoms with E-state index in [1.54, 1.807) is 0 Å². The van der Waals surface area contributed by atoms with Crippen LogP contribution in [-0.2, 0) is 14.3 Å². The van der Waals surface area contributed by atoms with E-state index in [9.17, 15) is 14.7 Å². The third kappa shape index (κ3) is 9.38. The van der Waals surface area contributed by atoms with Crippen molar-refractivity contribution in [2.24, 2.45) is 0 Å². The molecular weight excluding hydrogens is 352 g/mol. The average Bonchev–Trinajstić information content (AvgIpc) is 2.69. The first-order valence-corrected chi connectivity index (χ1v) is 11.0. The molecule has 0 fully saturated rings. The van der Waals surface area contributed by atoms with E-state index in [4.69, 9.17) is 4.74 Å². The van der Waals surface area contributed by atoms with Gasteiger partial charge in [-0.15, -0.1) is 0 Å². The first kappa shape index (κ1) is 24.2. The number of Topliss-reactive ketones (excluding diaryl/α,β-unsaturated/α-hetero) is 1. The van der Waals surface area contributed by atoms with Gasteiger partial charge >= 0.3 is 0 Å². The van der Waals surface area contributed by atoms with Crippen LogP contribution in [0.1, 0.15) is 96.8 Å². The zero-order valence-corrected chi connectivity index (χ0v) is 17.8. The van der Waals surface area contributed by atoms with E-state index in [0.29, 0.717) is 6.42 Å². The molecule has 1 aliphatic carbocycles. The van der Waals surface area contributed by atoms with Gasteiger partial charge in [-0.1, -0.05) is 70.4 Å². The molecule has 28 heavy (non-hydrogen) atoms. The summed E-state index contributed by atoms with van der Waals surface area (Å²) in [5.41, 5.74) is 0.200. The van der Waals surface area contributed by atoms with E-state index in [1.165, 1.54) is 71.3 Å². The molecule has 1 N–H and O–H groups in total. The Morgan fingerprint density at radius 2 is 1.39 bits per heavy atom. The smallest absolute Gasteiger partial charge is 0.227 e. The summed E-state index contributed by atoms with van der Waals surface area (Å²) in [5.74, 6) is -1.29. The zero-order valence-electron chi connectivity index (χ0n) is 17.8. The fourth-order valence-corrected chi connectivity index (χ4v) is 3.41. The molecule has 0 aromatic carbocycles. The van der Waals surface area contributed by atoms with Crippen molar-refractivity contribution in [1.82, 2.24) is 0 Å². The molecule has 0 radical (unpaired) electrons. The second-order valence-corrected chi connectivity index (χ2v) is 7.57. The Kier molecular flexibility index (Phi) is 13.1. The molecule has 0 aromatic heterocycles. The molecule has 1 rings (SSSR count). The van der Waals surface area contributed by atoms with Crippen molar-refractivity contribution in [1.29, 1.82) is 0 Å². The standard InChI is InChI=1S/C24H38O4/c1-3-4-5-6-7-8-9-10-11-12-13-14-15-16-17-18-20-23(26)21(25)19-22(28-2)24(20)27/h8-9,19,26H,3-7,10-18H2,1-2H3/b9-8-. The number of aliphatic hydroxyl groups is 1. The minimum atomic E-state index is -0.540. The topological polar surface area (TPSA) is 63.6 Å². The summed E-state index contributed by atoms with van der Waals surface area (Å²) in [7, 11) is 1.36. The summed E-state index contributed by atoms with van der Waals surface area (Å²) in [6.45, 7) is 2.24. The van der Waals surface area contributed by atoms with Crippen LogP contribution in [0.2, 0.25) is 0 Å². The summed E-state index contributed by atoms with van der Waals surface area (Å²) < 4.78 is 4.92. The molecular formula is C24H38O4. The lowest BCUT2D eigenvalue weighted by Gasteiger charge is -2.14. The van der Waals surface area contributed by atoms with Gasteiger partial charge in [-0.25, -0.2) is 0 Å². The van der Waals surface area contributed by atoms with Gasteiger partial charge in [-0.2, -0.15) is 0 Å². The minimum Gasteiger partial charge on any atom is -0.504 e. The predicted octanol–water partition coefficient (Wildman–Crippen LogP) is 6.52. The highest BCUT2D eigenvalue weighted by Gasteiger charge is 2.28. The van der Waals surface area contributed by atoms with Crippen LogP contribution in [0.3, 0.4) is 0 Å². The Morgan fingerprint density at radius 1 is 0.857 bits per heavy atom. The lowest BCUT2D eigenvalue weighted by Crippen LogP contribution is -2.20. The van der Waals surface area contributed by atoms with E-state index in [-0.39, 0.29) is 17.1 Å². The molecule has 158 valence electrons. The molecule has 0 saturated heterocycles. The van der Waals surface area contributed by atoms with Crippen molar-refractivity contribution in [2.45, 2.75) is 96.8 Å². The van der Waals surface area contributed by atoms with E-state index < -0.39 is 11.5 Å². The number of allylic oxidation sites excluding steroid dienone is 4. The number of rotatable bonds is 16. The van der Waals surface area contributed by atoms with Gasteiger partial charge in [0, 0.05) is 11.6 Å². The fraction of sp³-hybridized carbons (Fsp3) is 0.667. The van der Waals surface area contributed by atoms with E-state index in [1.807, 2.05) is 0 Å². The van der Waals surface area contributed by atoms with Crippen molar-refractivity contribution in [3.8, 4) is 0 Å². The lowest BCUT2D eigenvalue weighted by molar-refractivity contribution is -0.119. The van der Waals surface area contributed by atoms with Gasteiger partial charge in [0.05, 0.1) is 7.11 Å². The molecule has 0 bridgehead atoms. The van der Waals surface area contributed by atoms with Crippen LogP contribution in [0.5, 0.6) is 0 Å². The Morgan fingerprint density at radius 3 is 1.96 bits per heavy atom. The zero-order chi connectivity index (χ0) is 20.6. The van der Waals surface area contributed by atoms with Gasteiger partial charge in [0.1, 0.15) is 0 Å². The van der Waals surface area contributed by atoms with Gasteiger partial charge in [-0.3, -0.25) is 9.59 Å². The van der Waals surface area contributed by atoms with Gasteiger partial charge in [0.25, 0.3) is 0 Å². The summed E-state index contributed by atoms with van der Waals surface area (Å²) in [5, 5.41) is 9.84. The first-order valence-electron chi connectivity index (χ1n) is 11.0. The number of unbranched alkanes of at least 4 members (excludes halogenated alkanes) is 11. The highest BCUT2D eigenvalue weighted by atomic mass is 16.5. The lowest BCUT2D eigenvalue weighted by atomic mass is 9.94. The Labute approximate surface area is 170 Å². The number of carbonyl (C=O) groups excluding carboxylic acids is 2. The largest absolute Gasteiger partial charge is 0.504 e. The highest BCUT2D eigenvalue weighted by molar-refractivity contribution is 6.20. The fourth-order valence-electron chi connectivity index (χ4n) is 3.41. The maximum absolute atomic E-state index is 12.1. The van der Waals surface area contributed by atoms with Crippen LogP contribution in [0.4, 0.5) is 0 Å². The van der Waals surface area contributed by atoms with Crippen LogP contribution in [0, 0.1) is 0 Å². The first-order chi connectivity index (χ1) is 13.6. The summed E-state index contributed by atoms with van der Waals surface area (Å²) in [4.78, 5) is 23.8. The normalized spacial score (nSPS) is 14.9. The summed E-state index contributed by atoms with van der Waals surface area (Å²) >= 11 is 0. The quantitative estimate of drug-likeness (QED) is 0.185. The molecule has 0 saturated carbocycles. The van der Waals surface area contributed by atoms with Crippen molar-refractivity contribution in [3.63, 3.8) is 0 Å². The van der Waals surface area contributed by atoms with E-state index >= 15 is 0 Å².